The minimum absolute atomic E-state index is 0.204. The molecule has 0 spiro atoms. The van der Waals surface area contributed by atoms with Gasteiger partial charge in [0, 0.05) is 29.4 Å². The summed E-state index contributed by atoms with van der Waals surface area (Å²) >= 11 is 12.0. The molecule has 0 saturated heterocycles. The van der Waals surface area contributed by atoms with Crippen molar-refractivity contribution in [2.24, 2.45) is 0 Å². The average Bonchev–Trinajstić information content (AvgIpc) is 2.46. The maximum absolute atomic E-state index is 12.4. The van der Waals surface area contributed by atoms with Crippen LogP contribution in [0.1, 0.15) is 28.9 Å². The lowest BCUT2D eigenvalue weighted by Gasteiger charge is -2.26. The van der Waals surface area contributed by atoms with Crippen molar-refractivity contribution in [3.8, 4) is 0 Å². The van der Waals surface area contributed by atoms with Crippen molar-refractivity contribution in [3.63, 3.8) is 0 Å². The zero-order valence-electron chi connectivity index (χ0n) is 11.6. The number of amides is 1. The van der Waals surface area contributed by atoms with Gasteiger partial charge in [-0.1, -0.05) is 29.3 Å². The molecule has 1 atom stereocenters. The van der Waals surface area contributed by atoms with Crippen molar-refractivity contribution in [2.45, 2.75) is 13.0 Å². The minimum Gasteiger partial charge on any atom is -0.335 e. The molecule has 1 heterocycles. The van der Waals surface area contributed by atoms with E-state index in [1.807, 2.05) is 6.92 Å². The molecule has 1 aromatic carbocycles. The number of aromatic nitrogens is 1. The van der Waals surface area contributed by atoms with E-state index in [0.717, 1.165) is 5.56 Å². The molecule has 0 fully saturated rings. The van der Waals surface area contributed by atoms with E-state index in [1.54, 1.807) is 30.1 Å². The van der Waals surface area contributed by atoms with Gasteiger partial charge in [-0.2, -0.15) is 0 Å². The molecule has 4 nitrogen and oxygen atoms in total. The molecular formula is C15H14Cl2N2O2. The van der Waals surface area contributed by atoms with Crippen molar-refractivity contribution in [1.29, 1.82) is 0 Å². The van der Waals surface area contributed by atoms with Gasteiger partial charge in [-0.05, 0) is 30.7 Å². The highest BCUT2D eigenvalue weighted by molar-refractivity contribution is 6.35. The first-order valence-corrected chi connectivity index (χ1v) is 7.06. The van der Waals surface area contributed by atoms with Gasteiger partial charge in [0.15, 0.2) is 0 Å². The Kier molecular flexibility index (Phi) is 4.70. The number of aromatic amines is 1. The highest BCUT2D eigenvalue weighted by Gasteiger charge is 2.20. The van der Waals surface area contributed by atoms with Crippen molar-refractivity contribution < 1.29 is 4.79 Å². The van der Waals surface area contributed by atoms with Crippen LogP contribution in [0.25, 0.3) is 0 Å². The molecule has 0 bridgehead atoms. The third kappa shape index (κ3) is 3.46. The lowest BCUT2D eigenvalue weighted by molar-refractivity contribution is 0.0742. The number of H-pyrrole nitrogens is 1. The summed E-state index contributed by atoms with van der Waals surface area (Å²) in [4.78, 5) is 27.5. The molecule has 21 heavy (non-hydrogen) atoms. The topological polar surface area (TPSA) is 53.2 Å². The van der Waals surface area contributed by atoms with Crippen molar-refractivity contribution in [1.82, 2.24) is 9.88 Å². The number of rotatable bonds is 3. The molecule has 0 saturated carbocycles. The largest absolute Gasteiger partial charge is 0.335 e. The number of carbonyl (C=O) groups is 1. The Morgan fingerprint density at radius 1 is 1.24 bits per heavy atom. The molecular weight excluding hydrogens is 311 g/mol. The second-order valence-corrected chi connectivity index (χ2v) is 5.54. The van der Waals surface area contributed by atoms with Gasteiger partial charge in [0.2, 0.25) is 5.56 Å². The predicted octanol–water partition coefficient (Wildman–Crippen LogP) is 3.51. The first-order chi connectivity index (χ1) is 9.90. The maximum Gasteiger partial charge on any atom is 0.255 e. The van der Waals surface area contributed by atoms with E-state index in [4.69, 9.17) is 23.2 Å². The summed E-state index contributed by atoms with van der Waals surface area (Å²) in [6.45, 7) is 1.87. The van der Waals surface area contributed by atoms with E-state index in [2.05, 4.69) is 4.98 Å². The van der Waals surface area contributed by atoms with Crippen LogP contribution in [0, 0.1) is 0 Å². The fourth-order valence-corrected chi connectivity index (χ4v) is 2.54. The summed E-state index contributed by atoms with van der Waals surface area (Å²) in [7, 11) is 1.68. The SMILES string of the molecule is C[C@@H](c1ccc(Cl)cc1Cl)N(C)C(=O)c1ccc(=O)[nH]c1. The van der Waals surface area contributed by atoms with Gasteiger partial charge in [0.05, 0.1) is 11.6 Å². The molecule has 0 unspecified atom stereocenters. The van der Waals surface area contributed by atoms with Crippen molar-refractivity contribution >= 4 is 29.1 Å². The Morgan fingerprint density at radius 3 is 2.52 bits per heavy atom. The normalized spacial score (nSPS) is 12.0. The van der Waals surface area contributed by atoms with Gasteiger partial charge in [0.1, 0.15) is 0 Å². The number of nitrogens with zero attached hydrogens (tertiary/aromatic N) is 1. The fraction of sp³-hybridized carbons (Fsp3) is 0.200. The lowest BCUT2D eigenvalue weighted by Crippen LogP contribution is -2.30. The van der Waals surface area contributed by atoms with E-state index in [9.17, 15) is 9.59 Å². The minimum atomic E-state index is -0.247. The standard InChI is InChI=1S/C15H14Cl2N2O2/c1-9(12-5-4-11(16)7-13(12)17)19(2)15(21)10-3-6-14(20)18-8-10/h3-9H,1-2H3,(H,18,20)/t9-/m0/s1. The van der Waals surface area contributed by atoms with Crippen molar-refractivity contribution in [3.05, 3.63) is 68.1 Å². The monoisotopic (exact) mass is 324 g/mol. The first kappa shape index (κ1) is 15.6. The Labute approximate surface area is 132 Å². The molecule has 1 N–H and O–H groups in total. The number of halogens is 2. The van der Waals surface area contributed by atoms with Crippen LogP contribution in [0.3, 0.4) is 0 Å². The highest BCUT2D eigenvalue weighted by Crippen LogP contribution is 2.29. The Hall–Kier alpha value is -1.78. The second-order valence-electron chi connectivity index (χ2n) is 4.70. The zero-order valence-corrected chi connectivity index (χ0v) is 13.1. The summed E-state index contributed by atoms with van der Waals surface area (Å²) in [5.74, 6) is -0.204. The quantitative estimate of drug-likeness (QED) is 0.939. The van der Waals surface area contributed by atoms with Gasteiger partial charge in [-0.15, -0.1) is 0 Å². The smallest absolute Gasteiger partial charge is 0.255 e. The zero-order chi connectivity index (χ0) is 15.6. The highest BCUT2D eigenvalue weighted by atomic mass is 35.5. The average molecular weight is 325 g/mol. The third-order valence-electron chi connectivity index (χ3n) is 3.35. The molecule has 2 aromatic rings. The van der Waals surface area contributed by atoms with Crippen molar-refractivity contribution in [2.75, 3.05) is 7.05 Å². The number of pyridine rings is 1. The number of hydrogen-bond acceptors (Lipinski definition) is 2. The number of nitrogens with one attached hydrogen (secondary N) is 1. The van der Waals surface area contributed by atoms with Crippen LogP contribution in [-0.4, -0.2) is 22.8 Å². The second kappa shape index (κ2) is 6.33. The first-order valence-electron chi connectivity index (χ1n) is 6.31. The molecule has 6 heteroatoms. The van der Waals surface area contributed by atoms with E-state index < -0.39 is 0 Å². The summed E-state index contributed by atoms with van der Waals surface area (Å²) in [5, 5.41) is 1.06. The summed E-state index contributed by atoms with van der Waals surface area (Å²) in [5.41, 5.74) is 0.971. The maximum atomic E-state index is 12.4. The van der Waals surface area contributed by atoms with Gasteiger partial charge >= 0.3 is 0 Å². The molecule has 0 aliphatic carbocycles. The van der Waals surface area contributed by atoms with Crippen LogP contribution in [0.15, 0.2) is 41.3 Å². The Morgan fingerprint density at radius 2 is 1.95 bits per heavy atom. The van der Waals surface area contributed by atoms with E-state index in [-0.39, 0.29) is 17.5 Å². The summed E-state index contributed by atoms with van der Waals surface area (Å²) in [6.07, 6.45) is 1.40. The van der Waals surface area contributed by atoms with Gasteiger partial charge in [-0.3, -0.25) is 9.59 Å². The molecule has 0 radical (unpaired) electrons. The fourth-order valence-electron chi connectivity index (χ4n) is 1.97. The Bertz CT molecular complexity index is 707. The van der Waals surface area contributed by atoms with E-state index in [1.165, 1.54) is 18.3 Å². The molecule has 1 aromatic heterocycles. The third-order valence-corrected chi connectivity index (χ3v) is 3.91. The predicted molar refractivity (Wildman–Crippen MR) is 84.0 cm³/mol. The van der Waals surface area contributed by atoms with Crippen LogP contribution in [0.4, 0.5) is 0 Å². The number of benzene rings is 1. The van der Waals surface area contributed by atoms with Crippen LogP contribution in [-0.2, 0) is 0 Å². The molecule has 1 amide bonds. The van der Waals surface area contributed by atoms with Crippen LogP contribution >= 0.6 is 23.2 Å². The van der Waals surface area contributed by atoms with E-state index in [0.29, 0.717) is 15.6 Å². The van der Waals surface area contributed by atoms with Crippen LogP contribution in [0.5, 0.6) is 0 Å². The van der Waals surface area contributed by atoms with E-state index >= 15 is 0 Å². The number of carbonyl (C=O) groups excluding carboxylic acids is 1. The number of hydrogen-bond donors (Lipinski definition) is 1. The van der Waals surface area contributed by atoms with Crippen LogP contribution < -0.4 is 5.56 Å². The lowest BCUT2D eigenvalue weighted by atomic mass is 10.1. The molecule has 110 valence electrons. The Balaban J connectivity index is 2.26. The van der Waals surface area contributed by atoms with Crippen LogP contribution in [0.2, 0.25) is 10.0 Å². The van der Waals surface area contributed by atoms with Gasteiger partial charge in [-0.25, -0.2) is 0 Å². The summed E-state index contributed by atoms with van der Waals surface area (Å²) < 4.78 is 0. The molecule has 2 rings (SSSR count). The molecule has 0 aliphatic rings. The summed E-state index contributed by atoms with van der Waals surface area (Å²) in [6, 6.07) is 7.76. The van der Waals surface area contributed by atoms with Gasteiger partial charge in [0.25, 0.3) is 5.91 Å². The van der Waals surface area contributed by atoms with Gasteiger partial charge < -0.3 is 9.88 Å². The molecule has 0 aliphatic heterocycles.